The van der Waals surface area contributed by atoms with E-state index in [-0.39, 0.29) is 28.2 Å². The van der Waals surface area contributed by atoms with Gasteiger partial charge in [-0.25, -0.2) is 0 Å². The molecule has 0 aliphatic rings. The van der Waals surface area contributed by atoms with E-state index in [0.717, 1.165) is 11.1 Å². The van der Waals surface area contributed by atoms with E-state index in [9.17, 15) is 9.90 Å². The van der Waals surface area contributed by atoms with Crippen molar-refractivity contribution in [2.24, 2.45) is 5.41 Å². The van der Waals surface area contributed by atoms with Crippen LogP contribution in [0.15, 0.2) is 18.2 Å². The Morgan fingerprint density at radius 2 is 1.89 bits per heavy atom. The van der Waals surface area contributed by atoms with Crippen molar-refractivity contribution in [3.63, 3.8) is 0 Å². The highest BCUT2D eigenvalue weighted by atomic mass is 35.5. The second kappa shape index (κ2) is 5.96. The third kappa shape index (κ3) is 4.54. The molecule has 2 nitrogen and oxygen atoms in total. The van der Waals surface area contributed by atoms with Crippen LogP contribution in [0.4, 0.5) is 0 Å². The molecule has 1 N–H and O–H groups in total. The van der Waals surface area contributed by atoms with Gasteiger partial charge in [-0.15, -0.1) is 0 Å². The molecule has 1 unspecified atom stereocenters. The molecule has 0 radical (unpaired) electrons. The first-order valence-electron chi connectivity index (χ1n) is 6.64. The van der Waals surface area contributed by atoms with E-state index in [2.05, 4.69) is 20.8 Å². The topological polar surface area (TPSA) is 37.3 Å². The summed E-state index contributed by atoms with van der Waals surface area (Å²) in [6, 6.07) is 5.34. The quantitative estimate of drug-likeness (QED) is 0.805. The first-order valence-corrected chi connectivity index (χ1v) is 7.02. The van der Waals surface area contributed by atoms with E-state index in [0.29, 0.717) is 6.42 Å². The van der Waals surface area contributed by atoms with Gasteiger partial charge in [0, 0.05) is 0 Å². The third-order valence-corrected chi connectivity index (χ3v) is 3.43. The molecular formula is C16H23ClO2. The number of halogens is 1. The summed E-state index contributed by atoms with van der Waals surface area (Å²) in [5, 5.41) is 9.50. The van der Waals surface area contributed by atoms with Crippen molar-refractivity contribution < 1.29 is 9.90 Å². The molecule has 1 aromatic rings. The Balaban J connectivity index is 3.17. The van der Waals surface area contributed by atoms with Crippen molar-refractivity contribution in [1.29, 1.82) is 0 Å². The molecule has 0 aliphatic carbocycles. The van der Waals surface area contributed by atoms with Gasteiger partial charge in [-0.1, -0.05) is 46.8 Å². The molecule has 1 atom stereocenters. The van der Waals surface area contributed by atoms with Crippen LogP contribution in [0.5, 0.6) is 5.75 Å². The number of carbonyl (C=O) groups excluding carboxylic acids is 1. The normalized spacial score (nSPS) is 13.6. The monoisotopic (exact) mass is 282 g/mol. The fourth-order valence-corrected chi connectivity index (χ4v) is 2.40. The molecule has 3 heteroatoms. The molecule has 1 rings (SSSR count). The van der Waals surface area contributed by atoms with E-state index in [1.165, 1.54) is 0 Å². The molecule has 0 aromatic heterocycles. The molecule has 0 saturated carbocycles. The molecule has 0 spiro atoms. The van der Waals surface area contributed by atoms with Gasteiger partial charge >= 0.3 is 0 Å². The molecule has 0 bridgehead atoms. The largest absolute Gasteiger partial charge is 0.508 e. The van der Waals surface area contributed by atoms with Crippen molar-refractivity contribution in [3.8, 4) is 5.75 Å². The van der Waals surface area contributed by atoms with Gasteiger partial charge in [-0.05, 0) is 46.5 Å². The Hall–Kier alpha value is -1.02. The molecule has 0 aliphatic heterocycles. The zero-order valence-electron chi connectivity index (χ0n) is 12.3. The summed E-state index contributed by atoms with van der Waals surface area (Å²) < 4.78 is 0. The molecule has 0 heterocycles. The van der Waals surface area contributed by atoms with Crippen LogP contribution in [0.3, 0.4) is 0 Å². The summed E-state index contributed by atoms with van der Waals surface area (Å²) in [5.41, 5.74) is 1.76. The maximum atomic E-state index is 11.7. The minimum absolute atomic E-state index is 0.0189. The first-order chi connectivity index (χ1) is 8.61. The van der Waals surface area contributed by atoms with Crippen molar-refractivity contribution in [2.45, 2.75) is 52.9 Å². The van der Waals surface area contributed by atoms with Gasteiger partial charge in [0.05, 0.1) is 5.92 Å². The third-order valence-electron chi connectivity index (χ3n) is 3.17. The van der Waals surface area contributed by atoms with Gasteiger partial charge in [-0.3, -0.25) is 4.79 Å². The maximum absolute atomic E-state index is 11.7. The number of hydrogen-bond donors (Lipinski definition) is 1. The van der Waals surface area contributed by atoms with Crippen LogP contribution in [-0.2, 0) is 4.79 Å². The fourth-order valence-electron chi connectivity index (χ4n) is 2.19. The van der Waals surface area contributed by atoms with Crippen LogP contribution >= 0.6 is 11.6 Å². The van der Waals surface area contributed by atoms with Crippen LogP contribution in [0.1, 0.15) is 64.0 Å². The van der Waals surface area contributed by atoms with E-state index < -0.39 is 0 Å². The Morgan fingerprint density at radius 1 is 1.32 bits per heavy atom. The highest BCUT2D eigenvalue weighted by Gasteiger charge is 2.26. The minimum atomic E-state index is -0.338. The van der Waals surface area contributed by atoms with E-state index in [1.807, 2.05) is 19.9 Å². The fraction of sp³-hybridized carbons (Fsp3) is 0.562. The van der Waals surface area contributed by atoms with E-state index >= 15 is 0 Å². The lowest BCUT2D eigenvalue weighted by Crippen LogP contribution is -2.16. The van der Waals surface area contributed by atoms with E-state index in [1.54, 1.807) is 12.1 Å². The lowest BCUT2D eigenvalue weighted by atomic mass is 9.81. The summed E-state index contributed by atoms with van der Waals surface area (Å²) in [4.78, 5) is 11.7. The predicted octanol–water partition coefficient (Wildman–Crippen LogP) is 4.80. The summed E-state index contributed by atoms with van der Waals surface area (Å²) in [5.74, 6) is 0.163. The van der Waals surface area contributed by atoms with Crippen molar-refractivity contribution >= 4 is 16.8 Å². The standard InChI is InChI=1S/C16H23ClO2/c1-10(2)12-8-11(6-7-14(12)18)13(15(17)19)9-16(3,4)5/h6-8,10,13,18H,9H2,1-5H3. The Labute approximate surface area is 120 Å². The molecule has 0 amide bonds. The van der Waals surface area contributed by atoms with Crippen LogP contribution in [0.2, 0.25) is 0 Å². The SMILES string of the molecule is CC(C)c1cc(C(CC(C)(C)C)C(=O)Cl)ccc1O. The van der Waals surface area contributed by atoms with Crippen LogP contribution < -0.4 is 0 Å². The van der Waals surface area contributed by atoms with Gasteiger partial charge in [-0.2, -0.15) is 0 Å². The minimum Gasteiger partial charge on any atom is -0.508 e. The number of benzene rings is 1. The highest BCUT2D eigenvalue weighted by molar-refractivity contribution is 6.64. The van der Waals surface area contributed by atoms with E-state index in [4.69, 9.17) is 11.6 Å². The van der Waals surface area contributed by atoms with Crippen LogP contribution in [0, 0.1) is 5.41 Å². The molecule has 0 fully saturated rings. The second-order valence-electron chi connectivity index (χ2n) is 6.59. The number of hydrogen-bond acceptors (Lipinski definition) is 2. The average molecular weight is 283 g/mol. The average Bonchev–Trinajstić information content (AvgIpc) is 2.25. The second-order valence-corrected chi connectivity index (χ2v) is 6.97. The number of aromatic hydroxyl groups is 1. The molecule has 1 aromatic carbocycles. The molecular weight excluding hydrogens is 260 g/mol. The molecule has 106 valence electrons. The summed E-state index contributed by atoms with van der Waals surface area (Å²) in [6.45, 7) is 10.3. The number of carbonyl (C=O) groups is 1. The Kier molecular flexibility index (Phi) is 5.03. The lowest BCUT2D eigenvalue weighted by molar-refractivity contribution is -0.113. The van der Waals surface area contributed by atoms with Crippen molar-refractivity contribution in [3.05, 3.63) is 29.3 Å². The lowest BCUT2D eigenvalue weighted by Gasteiger charge is -2.24. The number of rotatable bonds is 4. The van der Waals surface area contributed by atoms with Gasteiger partial charge in [0.15, 0.2) is 0 Å². The summed E-state index contributed by atoms with van der Waals surface area (Å²) in [7, 11) is 0. The van der Waals surface area contributed by atoms with Crippen LogP contribution in [0.25, 0.3) is 0 Å². The first kappa shape index (κ1) is 16.0. The molecule has 19 heavy (non-hydrogen) atoms. The summed E-state index contributed by atoms with van der Waals surface area (Å²) in [6.07, 6.45) is 0.692. The smallest absolute Gasteiger partial charge is 0.229 e. The zero-order chi connectivity index (χ0) is 14.8. The number of phenolic OH excluding ortho intramolecular Hbond substituents is 1. The van der Waals surface area contributed by atoms with Crippen LogP contribution in [-0.4, -0.2) is 10.3 Å². The van der Waals surface area contributed by atoms with Gasteiger partial charge in [0.2, 0.25) is 5.24 Å². The zero-order valence-corrected chi connectivity index (χ0v) is 13.1. The van der Waals surface area contributed by atoms with Gasteiger partial charge in [0.25, 0.3) is 0 Å². The number of phenols is 1. The maximum Gasteiger partial charge on any atom is 0.229 e. The highest BCUT2D eigenvalue weighted by Crippen LogP contribution is 2.36. The summed E-state index contributed by atoms with van der Waals surface area (Å²) >= 11 is 5.75. The van der Waals surface area contributed by atoms with Crippen molar-refractivity contribution in [1.82, 2.24) is 0 Å². The van der Waals surface area contributed by atoms with Gasteiger partial charge in [0.1, 0.15) is 5.75 Å². The molecule has 0 saturated heterocycles. The van der Waals surface area contributed by atoms with Gasteiger partial charge < -0.3 is 5.11 Å². The Bertz CT molecular complexity index is 458. The Morgan fingerprint density at radius 3 is 2.32 bits per heavy atom. The van der Waals surface area contributed by atoms with Crippen molar-refractivity contribution in [2.75, 3.05) is 0 Å². The predicted molar refractivity (Wildman–Crippen MR) is 79.9 cm³/mol.